The summed E-state index contributed by atoms with van der Waals surface area (Å²) in [4.78, 5) is 16.5. The number of methoxy groups -OCH3 is 1. The molecular formula is C21H25F3N4O2. The molecule has 0 radical (unpaired) electrons. The van der Waals surface area contributed by atoms with Crippen molar-refractivity contribution in [1.82, 2.24) is 10.2 Å². The Morgan fingerprint density at radius 3 is 2.50 bits per heavy atom. The number of para-hydroxylation sites is 2. The number of anilines is 2. The molecule has 1 saturated heterocycles. The first-order valence-corrected chi connectivity index (χ1v) is 9.69. The van der Waals surface area contributed by atoms with Crippen molar-refractivity contribution < 1.29 is 22.7 Å². The van der Waals surface area contributed by atoms with Crippen molar-refractivity contribution in [2.45, 2.75) is 6.18 Å². The Bertz CT molecular complexity index is 852. The topological polar surface area (TPSA) is 56.8 Å². The summed E-state index contributed by atoms with van der Waals surface area (Å²) in [6, 6.07) is 11.9. The fraction of sp³-hybridized carbons (Fsp3) is 0.381. The van der Waals surface area contributed by atoms with Crippen molar-refractivity contribution in [3.05, 3.63) is 54.1 Å². The number of rotatable bonds is 6. The molecule has 2 amide bonds. The largest absolute Gasteiger partial charge is 0.495 e. The molecule has 1 aliphatic rings. The summed E-state index contributed by atoms with van der Waals surface area (Å²) in [7, 11) is 1.66. The highest BCUT2D eigenvalue weighted by atomic mass is 19.4. The molecule has 1 heterocycles. The molecule has 9 heteroatoms. The Morgan fingerprint density at radius 1 is 1.07 bits per heavy atom. The molecule has 2 aromatic rings. The fourth-order valence-corrected chi connectivity index (χ4v) is 3.38. The van der Waals surface area contributed by atoms with E-state index in [0.717, 1.165) is 49.7 Å². The molecule has 1 aliphatic heterocycles. The average molecular weight is 422 g/mol. The Kier molecular flexibility index (Phi) is 7.04. The van der Waals surface area contributed by atoms with Crippen LogP contribution in [0.4, 0.5) is 29.3 Å². The molecular weight excluding hydrogens is 397 g/mol. The van der Waals surface area contributed by atoms with E-state index < -0.39 is 17.8 Å². The highest BCUT2D eigenvalue weighted by molar-refractivity contribution is 5.89. The molecule has 30 heavy (non-hydrogen) atoms. The molecule has 2 aromatic carbocycles. The summed E-state index contributed by atoms with van der Waals surface area (Å²) in [5, 5.41) is 5.13. The first-order valence-electron chi connectivity index (χ1n) is 9.69. The molecule has 0 unspecified atom stereocenters. The molecule has 0 atom stereocenters. The Labute approximate surface area is 173 Å². The van der Waals surface area contributed by atoms with E-state index in [1.165, 1.54) is 12.1 Å². The number of hydrogen-bond donors (Lipinski definition) is 2. The fourth-order valence-electron chi connectivity index (χ4n) is 3.38. The van der Waals surface area contributed by atoms with Crippen LogP contribution in [-0.4, -0.2) is 57.3 Å². The van der Waals surface area contributed by atoms with Crippen molar-refractivity contribution in [3.8, 4) is 5.75 Å². The second-order valence-corrected chi connectivity index (χ2v) is 6.96. The molecule has 0 aromatic heterocycles. The van der Waals surface area contributed by atoms with Crippen molar-refractivity contribution in [2.75, 3.05) is 56.6 Å². The highest BCUT2D eigenvalue weighted by Crippen LogP contribution is 2.30. The zero-order chi connectivity index (χ0) is 21.6. The number of alkyl halides is 3. The van der Waals surface area contributed by atoms with Gasteiger partial charge >= 0.3 is 12.2 Å². The molecule has 0 saturated carbocycles. The van der Waals surface area contributed by atoms with Crippen molar-refractivity contribution in [3.63, 3.8) is 0 Å². The number of hydrogen-bond acceptors (Lipinski definition) is 4. The second-order valence-electron chi connectivity index (χ2n) is 6.96. The molecule has 162 valence electrons. The smallest absolute Gasteiger partial charge is 0.416 e. The summed E-state index contributed by atoms with van der Waals surface area (Å²) in [6.45, 7) is 4.44. The summed E-state index contributed by atoms with van der Waals surface area (Å²) in [5.41, 5.74) is 0.374. The number of carbonyl (C=O) groups is 1. The highest BCUT2D eigenvalue weighted by Gasteiger charge is 2.30. The van der Waals surface area contributed by atoms with E-state index in [-0.39, 0.29) is 5.69 Å². The molecule has 0 bridgehead atoms. The van der Waals surface area contributed by atoms with Crippen molar-refractivity contribution in [2.24, 2.45) is 0 Å². The van der Waals surface area contributed by atoms with Crippen LogP contribution in [0.25, 0.3) is 0 Å². The van der Waals surface area contributed by atoms with Gasteiger partial charge in [0.2, 0.25) is 0 Å². The van der Waals surface area contributed by atoms with Gasteiger partial charge in [0.15, 0.2) is 0 Å². The van der Waals surface area contributed by atoms with Gasteiger partial charge in [-0.25, -0.2) is 4.79 Å². The van der Waals surface area contributed by atoms with Gasteiger partial charge in [-0.3, -0.25) is 4.90 Å². The molecule has 0 spiro atoms. The standard InChI is InChI=1S/C21H25F3N4O2/c1-30-19-8-3-2-7-18(19)28-13-11-27(12-14-28)10-9-25-20(29)26-17-6-4-5-16(15-17)21(22,23)24/h2-8,15H,9-14H2,1H3,(H2,25,26,29). The summed E-state index contributed by atoms with van der Waals surface area (Å²) in [5.74, 6) is 0.846. The van der Waals surface area contributed by atoms with Crippen LogP contribution < -0.4 is 20.3 Å². The van der Waals surface area contributed by atoms with Crippen molar-refractivity contribution >= 4 is 17.4 Å². The lowest BCUT2D eigenvalue weighted by Crippen LogP contribution is -2.48. The molecule has 1 fully saturated rings. The van der Waals surface area contributed by atoms with E-state index in [4.69, 9.17) is 4.74 Å². The van der Waals surface area contributed by atoms with E-state index in [0.29, 0.717) is 13.1 Å². The number of amides is 2. The first-order chi connectivity index (χ1) is 14.4. The van der Waals surface area contributed by atoms with E-state index in [2.05, 4.69) is 20.4 Å². The van der Waals surface area contributed by atoms with Gasteiger partial charge in [-0.1, -0.05) is 18.2 Å². The first kappa shape index (κ1) is 21.8. The normalized spacial score (nSPS) is 15.0. The lowest BCUT2D eigenvalue weighted by Gasteiger charge is -2.36. The Hall–Kier alpha value is -2.94. The Morgan fingerprint density at radius 2 is 1.80 bits per heavy atom. The van der Waals surface area contributed by atoms with E-state index >= 15 is 0 Å². The SMILES string of the molecule is COc1ccccc1N1CCN(CCNC(=O)Nc2cccc(C(F)(F)F)c2)CC1. The number of nitrogens with zero attached hydrogens (tertiary/aromatic N) is 2. The van der Waals surface area contributed by atoms with Crippen molar-refractivity contribution in [1.29, 1.82) is 0 Å². The Balaban J connectivity index is 1.41. The predicted octanol–water partition coefficient (Wildman–Crippen LogP) is 3.66. The minimum Gasteiger partial charge on any atom is -0.495 e. The number of ether oxygens (including phenoxy) is 1. The maximum atomic E-state index is 12.7. The van der Waals surface area contributed by atoms with Crippen LogP contribution in [-0.2, 0) is 6.18 Å². The number of nitrogens with one attached hydrogen (secondary N) is 2. The van der Waals surface area contributed by atoms with E-state index in [1.807, 2.05) is 24.3 Å². The van der Waals surface area contributed by atoms with Gasteiger partial charge in [0.25, 0.3) is 0 Å². The third-order valence-electron chi connectivity index (χ3n) is 4.96. The van der Waals surface area contributed by atoms with Gasteiger partial charge in [0.05, 0.1) is 18.4 Å². The minimum absolute atomic E-state index is 0.104. The van der Waals surface area contributed by atoms with E-state index in [9.17, 15) is 18.0 Å². The van der Waals surface area contributed by atoms with Gasteiger partial charge in [0.1, 0.15) is 5.75 Å². The zero-order valence-electron chi connectivity index (χ0n) is 16.7. The zero-order valence-corrected chi connectivity index (χ0v) is 16.7. The van der Waals surface area contributed by atoms with Crippen LogP contribution in [0.15, 0.2) is 48.5 Å². The third kappa shape index (κ3) is 5.79. The monoisotopic (exact) mass is 422 g/mol. The molecule has 0 aliphatic carbocycles. The van der Waals surface area contributed by atoms with Crippen LogP contribution in [0.1, 0.15) is 5.56 Å². The van der Waals surface area contributed by atoms with Crippen LogP contribution in [0.2, 0.25) is 0 Å². The predicted molar refractivity (Wildman–Crippen MR) is 110 cm³/mol. The van der Waals surface area contributed by atoms with Gasteiger partial charge < -0.3 is 20.3 Å². The van der Waals surface area contributed by atoms with Gasteiger partial charge in [-0.2, -0.15) is 13.2 Å². The average Bonchev–Trinajstić information content (AvgIpc) is 2.74. The molecule has 3 rings (SSSR count). The summed E-state index contributed by atoms with van der Waals surface area (Å²) in [6.07, 6.45) is -4.44. The van der Waals surface area contributed by atoms with Gasteiger partial charge in [-0.15, -0.1) is 0 Å². The van der Waals surface area contributed by atoms with Gasteiger partial charge in [-0.05, 0) is 30.3 Å². The maximum absolute atomic E-state index is 12.7. The molecule has 2 N–H and O–H groups in total. The minimum atomic E-state index is -4.44. The third-order valence-corrected chi connectivity index (χ3v) is 4.96. The van der Waals surface area contributed by atoms with Crippen LogP contribution >= 0.6 is 0 Å². The lowest BCUT2D eigenvalue weighted by molar-refractivity contribution is -0.137. The second kappa shape index (κ2) is 9.71. The number of piperazine rings is 1. The molecule has 6 nitrogen and oxygen atoms in total. The van der Waals surface area contributed by atoms with E-state index in [1.54, 1.807) is 7.11 Å². The summed E-state index contributed by atoms with van der Waals surface area (Å²) >= 11 is 0. The number of carbonyl (C=O) groups excluding carboxylic acids is 1. The van der Waals surface area contributed by atoms with Gasteiger partial charge in [0, 0.05) is 45.0 Å². The summed E-state index contributed by atoms with van der Waals surface area (Å²) < 4.78 is 43.7. The maximum Gasteiger partial charge on any atom is 0.416 e. The quantitative estimate of drug-likeness (QED) is 0.746. The lowest BCUT2D eigenvalue weighted by atomic mass is 10.2. The number of halogens is 3. The number of urea groups is 1. The van der Waals surface area contributed by atoms with Crippen LogP contribution in [0.3, 0.4) is 0 Å². The van der Waals surface area contributed by atoms with Crippen LogP contribution in [0, 0.1) is 0 Å². The number of benzene rings is 2. The van der Waals surface area contributed by atoms with Crippen LogP contribution in [0.5, 0.6) is 5.75 Å².